The Hall–Kier alpha value is -2.66. The molecule has 0 unspecified atom stereocenters. The molecule has 1 aromatic carbocycles. The summed E-state index contributed by atoms with van der Waals surface area (Å²) in [6.45, 7) is 3.93. The third-order valence-corrected chi connectivity index (χ3v) is 4.75. The molecule has 27 heavy (non-hydrogen) atoms. The van der Waals surface area contributed by atoms with E-state index in [4.69, 9.17) is 21.7 Å². The van der Waals surface area contributed by atoms with Crippen LogP contribution >= 0.6 is 12.2 Å². The first kappa shape index (κ1) is 20.6. The Morgan fingerprint density at radius 1 is 1.11 bits per heavy atom. The van der Waals surface area contributed by atoms with Crippen LogP contribution < -0.4 is 24.8 Å². The van der Waals surface area contributed by atoms with Crippen molar-refractivity contribution in [2.45, 2.75) is 24.8 Å². The van der Waals surface area contributed by atoms with E-state index in [-0.39, 0.29) is 28.6 Å². The highest BCUT2D eigenvalue weighted by Gasteiger charge is 2.17. The van der Waals surface area contributed by atoms with E-state index in [0.717, 1.165) is 0 Å². The lowest BCUT2D eigenvalue weighted by atomic mass is 10.3. The summed E-state index contributed by atoms with van der Waals surface area (Å²) in [6.07, 6.45) is 0. The lowest BCUT2D eigenvalue weighted by Gasteiger charge is -2.13. The molecule has 0 aliphatic rings. The van der Waals surface area contributed by atoms with Gasteiger partial charge in [0, 0.05) is 17.8 Å². The summed E-state index contributed by atoms with van der Waals surface area (Å²) in [5.41, 5.74) is 0.664. The van der Waals surface area contributed by atoms with Crippen molar-refractivity contribution in [2.24, 2.45) is 0 Å². The molecule has 0 saturated heterocycles. The van der Waals surface area contributed by atoms with Gasteiger partial charge in [0.1, 0.15) is 0 Å². The number of nitrogens with one attached hydrogen (secondary N) is 3. The molecule has 146 valence electrons. The van der Waals surface area contributed by atoms with Gasteiger partial charge in [-0.1, -0.05) is 0 Å². The number of benzene rings is 1. The van der Waals surface area contributed by atoms with Crippen molar-refractivity contribution in [3.8, 4) is 11.9 Å². The number of ether oxygens (including phenoxy) is 2. The van der Waals surface area contributed by atoms with Gasteiger partial charge < -0.3 is 20.1 Å². The molecule has 1 aromatic heterocycles. The van der Waals surface area contributed by atoms with E-state index >= 15 is 0 Å². The predicted octanol–water partition coefficient (Wildman–Crippen LogP) is 1.99. The molecule has 0 atom stereocenters. The van der Waals surface area contributed by atoms with Crippen LogP contribution in [0.15, 0.2) is 35.2 Å². The molecule has 0 aliphatic heterocycles. The monoisotopic (exact) mass is 411 g/mol. The molecular weight excluding hydrogens is 390 g/mol. The van der Waals surface area contributed by atoms with Crippen LogP contribution in [0.5, 0.6) is 11.9 Å². The van der Waals surface area contributed by atoms with Gasteiger partial charge in [-0.3, -0.25) is 4.72 Å². The standard InChI is InChI=1S/C16H21N5O4S2/c1-10(2)17-16(26)18-11-5-7-12(8-6-11)27(22,23)21-13-9-14(24-3)20-15(19-13)25-4/h5-10H,1-4H3,(H2,17,18,26)(H,19,20,21). The quantitative estimate of drug-likeness (QED) is 0.588. The maximum Gasteiger partial charge on any atom is 0.321 e. The van der Waals surface area contributed by atoms with Crippen LogP contribution in [0.4, 0.5) is 11.5 Å². The normalized spacial score (nSPS) is 11.0. The van der Waals surface area contributed by atoms with Crippen LogP contribution in [-0.2, 0) is 10.0 Å². The molecule has 0 amide bonds. The second-order valence-electron chi connectivity index (χ2n) is 5.67. The van der Waals surface area contributed by atoms with Gasteiger partial charge in [0.2, 0.25) is 5.88 Å². The first-order valence-electron chi connectivity index (χ1n) is 7.91. The molecule has 1 heterocycles. The van der Waals surface area contributed by atoms with Crippen molar-refractivity contribution in [2.75, 3.05) is 24.3 Å². The van der Waals surface area contributed by atoms with Gasteiger partial charge in [-0.15, -0.1) is 0 Å². The minimum absolute atomic E-state index is 0.0160. The van der Waals surface area contributed by atoms with Gasteiger partial charge in [0.25, 0.3) is 10.0 Å². The predicted molar refractivity (Wildman–Crippen MR) is 107 cm³/mol. The Morgan fingerprint density at radius 2 is 1.78 bits per heavy atom. The summed E-state index contributed by atoms with van der Waals surface area (Å²) >= 11 is 5.16. The molecule has 2 rings (SSSR count). The SMILES string of the molecule is COc1cc(NS(=O)(=O)c2ccc(NC(=S)NC(C)C)cc2)nc(OC)n1. The van der Waals surface area contributed by atoms with Gasteiger partial charge in [-0.25, -0.2) is 8.42 Å². The zero-order chi connectivity index (χ0) is 20.0. The lowest BCUT2D eigenvalue weighted by molar-refractivity contribution is 0.353. The number of nitrogens with zero attached hydrogens (tertiary/aromatic N) is 2. The van der Waals surface area contributed by atoms with E-state index in [0.29, 0.717) is 10.8 Å². The second-order valence-corrected chi connectivity index (χ2v) is 7.76. The molecule has 0 fully saturated rings. The third-order valence-electron chi connectivity index (χ3n) is 3.16. The fourth-order valence-electron chi connectivity index (χ4n) is 2.00. The number of rotatable bonds is 7. The molecule has 3 N–H and O–H groups in total. The highest BCUT2D eigenvalue weighted by Crippen LogP contribution is 2.21. The van der Waals surface area contributed by atoms with Crippen molar-refractivity contribution in [3.63, 3.8) is 0 Å². The molecule has 0 radical (unpaired) electrons. The van der Waals surface area contributed by atoms with E-state index in [1.165, 1.54) is 32.4 Å². The second kappa shape index (κ2) is 8.82. The summed E-state index contributed by atoms with van der Waals surface area (Å²) in [6, 6.07) is 7.67. The number of methoxy groups -OCH3 is 2. The largest absolute Gasteiger partial charge is 0.481 e. The third kappa shape index (κ3) is 5.93. The van der Waals surface area contributed by atoms with E-state index in [1.54, 1.807) is 12.1 Å². The van der Waals surface area contributed by atoms with Crippen molar-refractivity contribution >= 4 is 38.9 Å². The topological polar surface area (TPSA) is 114 Å². The Labute approximate surface area is 163 Å². The fraction of sp³-hybridized carbons (Fsp3) is 0.312. The van der Waals surface area contributed by atoms with E-state index in [1.807, 2.05) is 13.8 Å². The first-order chi connectivity index (χ1) is 12.7. The molecule has 9 nitrogen and oxygen atoms in total. The van der Waals surface area contributed by atoms with E-state index in [9.17, 15) is 8.42 Å². The van der Waals surface area contributed by atoms with Crippen molar-refractivity contribution in [1.82, 2.24) is 15.3 Å². The van der Waals surface area contributed by atoms with Gasteiger partial charge in [0.05, 0.1) is 19.1 Å². The number of aromatic nitrogens is 2. The van der Waals surface area contributed by atoms with Gasteiger partial charge in [-0.2, -0.15) is 9.97 Å². The number of anilines is 2. The van der Waals surface area contributed by atoms with E-state index < -0.39 is 10.0 Å². The molecular formula is C16H21N5O4S2. The molecule has 11 heteroatoms. The molecule has 0 bridgehead atoms. The lowest BCUT2D eigenvalue weighted by Crippen LogP contribution is -2.33. The minimum atomic E-state index is -3.86. The average Bonchev–Trinajstić information content (AvgIpc) is 2.60. The summed E-state index contributed by atoms with van der Waals surface area (Å²) in [4.78, 5) is 7.93. The smallest absolute Gasteiger partial charge is 0.321 e. The van der Waals surface area contributed by atoms with Crippen LogP contribution in [0.3, 0.4) is 0 Å². The summed E-state index contributed by atoms with van der Waals surface area (Å²) in [5, 5.41) is 6.48. The first-order valence-corrected chi connectivity index (χ1v) is 9.80. The Kier molecular flexibility index (Phi) is 6.75. The zero-order valence-corrected chi connectivity index (χ0v) is 16.9. The van der Waals surface area contributed by atoms with Crippen molar-refractivity contribution in [3.05, 3.63) is 30.3 Å². The number of hydrogen-bond donors (Lipinski definition) is 3. The van der Waals surface area contributed by atoms with E-state index in [2.05, 4.69) is 25.3 Å². The van der Waals surface area contributed by atoms with Crippen LogP contribution in [0.25, 0.3) is 0 Å². The summed E-state index contributed by atoms with van der Waals surface area (Å²) in [7, 11) is -1.08. The molecule has 2 aromatic rings. The maximum atomic E-state index is 12.6. The van der Waals surface area contributed by atoms with Crippen LogP contribution in [0.2, 0.25) is 0 Å². The Morgan fingerprint density at radius 3 is 2.33 bits per heavy atom. The Balaban J connectivity index is 2.16. The van der Waals surface area contributed by atoms with Crippen LogP contribution in [0, 0.1) is 0 Å². The molecule has 0 aliphatic carbocycles. The number of sulfonamides is 1. The summed E-state index contributed by atoms with van der Waals surface area (Å²) < 4.78 is 37.4. The molecule has 0 saturated carbocycles. The van der Waals surface area contributed by atoms with Gasteiger partial charge in [-0.05, 0) is 50.3 Å². The Bertz CT molecular complexity index is 879. The van der Waals surface area contributed by atoms with Gasteiger partial charge >= 0.3 is 6.01 Å². The zero-order valence-electron chi connectivity index (χ0n) is 15.3. The maximum absolute atomic E-state index is 12.6. The highest BCUT2D eigenvalue weighted by atomic mass is 32.2. The highest BCUT2D eigenvalue weighted by molar-refractivity contribution is 7.92. The molecule has 0 spiro atoms. The van der Waals surface area contributed by atoms with Gasteiger partial charge in [0.15, 0.2) is 10.9 Å². The van der Waals surface area contributed by atoms with Crippen LogP contribution in [-0.4, -0.2) is 43.8 Å². The van der Waals surface area contributed by atoms with Crippen molar-refractivity contribution in [1.29, 1.82) is 0 Å². The number of hydrogen-bond acceptors (Lipinski definition) is 7. The summed E-state index contributed by atoms with van der Waals surface area (Å²) in [5.74, 6) is 0.202. The van der Waals surface area contributed by atoms with Crippen molar-refractivity contribution < 1.29 is 17.9 Å². The average molecular weight is 412 g/mol. The van der Waals surface area contributed by atoms with Crippen LogP contribution in [0.1, 0.15) is 13.8 Å². The minimum Gasteiger partial charge on any atom is -0.481 e. The number of thiocarbonyl (C=S) groups is 1. The fourth-order valence-corrected chi connectivity index (χ4v) is 3.34.